The first-order valence-corrected chi connectivity index (χ1v) is 6.30. The molecule has 0 saturated heterocycles. The first-order valence-electron chi connectivity index (χ1n) is 5.51. The Morgan fingerprint density at radius 2 is 2.12 bits per heavy atom. The summed E-state index contributed by atoms with van der Waals surface area (Å²) < 4.78 is 2.96. The van der Waals surface area contributed by atoms with E-state index in [1.54, 1.807) is 0 Å². The largest absolute Gasteiger partial charge is 0.330 e. The van der Waals surface area contributed by atoms with Crippen molar-refractivity contribution < 1.29 is 0 Å². The van der Waals surface area contributed by atoms with Crippen LogP contribution in [0, 0.1) is 13.8 Å². The average Bonchev–Trinajstić information content (AvgIpc) is 2.64. The van der Waals surface area contributed by atoms with Gasteiger partial charge >= 0.3 is 0 Å². The van der Waals surface area contributed by atoms with E-state index >= 15 is 0 Å². The maximum atomic E-state index is 5.58. The second-order valence-electron chi connectivity index (χ2n) is 3.96. The predicted molar refractivity (Wildman–Crippen MR) is 71.3 cm³/mol. The quantitative estimate of drug-likeness (QED) is 0.944. The Hall–Kier alpha value is -1.20. The Labute approximate surface area is 109 Å². The SMILES string of the molecule is Cc1nc(CCN)n(-c2ccc(Br)c(C)c2)n1. The Bertz CT molecular complexity index is 533. The van der Waals surface area contributed by atoms with Gasteiger partial charge in [-0.3, -0.25) is 0 Å². The average molecular weight is 295 g/mol. The fourth-order valence-corrected chi connectivity index (χ4v) is 1.96. The lowest BCUT2D eigenvalue weighted by Crippen LogP contribution is -2.10. The number of benzene rings is 1. The standard InChI is InChI=1S/C12H15BrN4/c1-8-7-10(3-4-11(8)13)17-12(5-6-14)15-9(2)16-17/h3-4,7H,5-6,14H2,1-2H3. The summed E-state index contributed by atoms with van der Waals surface area (Å²) in [7, 11) is 0. The first-order chi connectivity index (χ1) is 8.11. The minimum Gasteiger partial charge on any atom is -0.330 e. The summed E-state index contributed by atoms with van der Waals surface area (Å²) in [6.07, 6.45) is 0.732. The molecule has 0 unspecified atom stereocenters. The van der Waals surface area contributed by atoms with Gasteiger partial charge < -0.3 is 5.73 Å². The summed E-state index contributed by atoms with van der Waals surface area (Å²) in [5.74, 6) is 1.68. The van der Waals surface area contributed by atoms with Gasteiger partial charge in [0.1, 0.15) is 11.6 Å². The van der Waals surface area contributed by atoms with Crippen LogP contribution in [0.15, 0.2) is 22.7 Å². The summed E-state index contributed by atoms with van der Waals surface area (Å²) in [5.41, 5.74) is 7.78. The highest BCUT2D eigenvalue weighted by Crippen LogP contribution is 2.20. The highest BCUT2D eigenvalue weighted by molar-refractivity contribution is 9.10. The Morgan fingerprint density at radius 3 is 2.76 bits per heavy atom. The van der Waals surface area contributed by atoms with E-state index in [9.17, 15) is 0 Å². The summed E-state index contributed by atoms with van der Waals surface area (Å²) in [6, 6.07) is 6.12. The van der Waals surface area contributed by atoms with Gasteiger partial charge in [0.05, 0.1) is 5.69 Å². The molecule has 0 bridgehead atoms. The van der Waals surface area contributed by atoms with Crippen LogP contribution in [0.25, 0.3) is 5.69 Å². The van der Waals surface area contributed by atoms with Crippen LogP contribution >= 0.6 is 15.9 Å². The highest BCUT2D eigenvalue weighted by Gasteiger charge is 2.09. The molecule has 5 heteroatoms. The molecule has 0 aliphatic rings. The molecule has 0 amide bonds. The van der Waals surface area contributed by atoms with Crippen LogP contribution < -0.4 is 5.73 Å². The summed E-state index contributed by atoms with van der Waals surface area (Å²) in [5, 5.41) is 4.40. The van der Waals surface area contributed by atoms with Crippen LogP contribution in [0.1, 0.15) is 17.2 Å². The smallest absolute Gasteiger partial charge is 0.148 e. The van der Waals surface area contributed by atoms with E-state index in [2.05, 4.69) is 39.0 Å². The third-order valence-electron chi connectivity index (χ3n) is 2.53. The molecule has 1 aromatic heterocycles. The van der Waals surface area contributed by atoms with E-state index in [0.29, 0.717) is 6.54 Å². The monoisotopic (exact) mass is 294 g/mol. The van der Waals surface area contributed by atoms with E-state index in [4.69, 9.17) is 5.73 Å². The van der Waals surface area contributed by atoms with Crippen molar-refractivity contribution >= 4 is 15.9 Å². The van der Waals surface area contributed by atoms with Crippen molar-refractivity contribution in [2.45, 2.75) is 20.3 Å². The molecule has 2 aromatic rings. The van der Waals surface area contributed by atoms with E-state index in [1.807, 2.05) is 23.7 Å². The van der Waals surface area contributed by atoms with Crippen LogP contribution in [0.4, 0.5) is 0 Å². The Kier molecular flexibility index (Phi) is 3.59. The molecule has 0 atom stereocenters. The van der Waals surface area contributed by atoms with E-state index in [-0.39, 0.29) is 0 Å². The summed E-state index contributed by atoms with van der Waals surface area (Å²) in [4.78, 5) is 4.39. The molecular formula is C12H15BrN4. The summed E-state index contributed by atoms with van der Waals surface area (Å²) >= 11 is 3.49. The van der Waals surface area contributed by atoms with Crippen molar-refractivity contribution in [3.8, 4) is 5.69 Å². The van der Waals surface area contributed by atoms with Crippen LogP contribution in [0.5, 0.6) is 0 Å². The topological polar surface area (TPSA) is 56.7 Å². The van der Waals surface area contributed by atoms with Gasteiger partial charge in [-0.05, 0) is 44.2 Å². The van der Waals surface area contributed by atoms with Crippen molar-refractivity contribution in [2.75, 3.05) is 6.54 Å². The maximum absolute atomic E-state index is 5.58. The van der Waals surface area contributed by atoms with Crippen molar-refractivity contribution in [1.82, 2.24) is 14.8 Å². The van der Waals surface area contributed by atoms with Crippen molar-refractivity contribution in [2.24, 2.45) is 5.73 Å². The summed E-state index contributed by atoms with van der Waals surface area (Å²) in [6.45, 7) is 4.52. The van der Waals surface area contributed by atoms with Gasteiger partial charge in [0.15, 0.2) is 0 Å². The van der Waals surface area contributed by atoms with Crippen LogP contribution in [0.2, 0.25) is 0 Å². The normalized spacial score (nSPS) is 10.8. The van der Waals surface area contributed by atoms with Crippen LogP contribution in [-0.4, -0.2) is 21.3 Å². The molecule has 1 aromatic carbocycles. The third-order valence-corrected chi connectivity index (χ3v) is 3.42. The van der Waals surface area contributed by atoms with Crippen molar-refractivity contribution in [1.29, 1.82) is 0 Å². The molecule has 4 nitrogen and oxygen atoms in total. The lowest BCUT2D eigenvalue weighted by Gasteiger charge is -2.07. The molecule has 0 aliphatic carbocycles. The molecule has 0 fully saturated rings. The fraction of sp³-hybridized carbons (Fsp3) is 0.333. The number of hydrogen-bond donors (Lipinski definition) is 1. The van der Waals surface area contributed by atoms with E-state index in [1.165, 1.54) is 5.56 Å². The molecule has 2 N–H and O–H groups in total. The zero-order chi connectivity index (χ0) is 12.4. The zero-order valence-electron chi connectivity index (χ0n) is 9.94. The number of nitrogens with zero attached hydrogens (tertiary/aromatic N) is 3. The molecule has 0 radical (unpaired) electrons. The Morgan fingerprint density at radius 1 is 1.35 bits per heavy atom. The molecule has 17 heavy (non-hydrogen) atoms. The highest BCUT2D eigenvalue weighted by atomic mass is 79.9. The predicted octanol–water partition coefficient (Wildman–Crippen LogP) is 2.15. The number of rotatable bonds is 3. The van der Waals surface area contributed by atoms with Crippen molar-refractivity contribution in [3.05, 3.63) is 39.9 Å². The molecule has 0 aliphatic heterocycles. The third kappa shape index (κ3) is 2.56. The second-order valence-corrected chi connectivity index (χ2v) is 4.81. The van der Waals surface area contributed by atoms with Gasteiger partial charge in [0.25, 0.3) is 0 Å². The molecule has 90 valence electrons. The number of hydrogen-bond acceptors (Lipinski definition) is 3. The van der Waals surface area contributed by atoms with Crippen LogP contribution in [-0.2, 0) is 6.42 Å². The van der Waals surface area contributed by atoms with E-state index in [0.717, 1.165) is 28.2 Å². The number of aromatic nitrogens is 3. The molecule has 1 heterocycles. The Balaban J connectivity index is 2.47. The van der Waals surface area contributed by atoms with Gasteiger partial charge in [0, 0.05) is 10.9 Å². The van der Waals surface area contributed by atoms with Gasteiger partial charge in [-0.1, -0.05) is 15.9 Å². The maximum Gasteiger partial charge on any atom is 0.148 e. The van der Waals surface area contributed by atoms with Gasteiger partial charge in [-0.25, -0.2) is 9.67 Å². The minimum absolute atomic E-state index is 0.577. The first kappa shape index (κ1) is 12.3. The van der Waals surface area contributed by atoms with Gasteiger partial charge in [0.2, 0.25) is 0 Å². The molecular weight excluding hydrogens is 280 g/mol. The van der Waals surface area contributed by atoms with Gasteiger partial charge in [-0.15, -0.1) is 0 Å². The van der Waals surface area contributed by atoms with Crippen molar-refractivity contribution in [3.63, 3.8) is 0 Å². The minimum atomic E-state index is 0.577. The number of halogens is 1. The second kappa shape index (κ2) is 4.98. The van der Waals surface area contributed by atoms with Crippen LogP contribution in [0.3, 0.4) is 0 Å². The zero-order valence-corrected chi connectivity index (χ0v) is 11.5. The van der Waals surface area contributed by atoms with E-state index < -0.39 is 0 Å². The lowest BCUT2D eigenvalue weighted by atomic mass is 10.2. The number of nitrogens with two attached hydrogens (primary N) is 1. The fourth-order valence-electron chi connectivity index (χ4n) is 1.72. The van der Waals surface area contributed by atoms with Gasteiger partial charge in [-0.2, -0.15) is 5.10 Å². The molecule has 0 spiro atoms. The number of aryl methyl sites for hydroxylation is 2. The molecule has 0 saturated carbocycles. The lowest BCUT2D eigenvalue weighted by molar-refractivity contribution is 0.773. The molecule has 2 rings (SSSR count).